The Morgan fingerprint density at radius 2 is 2.00 bits per heavy atom. The maximum Gasteiger partial charge on any atom is 0.427 e. The molecule has 0 bridgehead atoms. The van der Waals surface area contributed by atoms with Crippen molar-refractivity contribution in [3.63, 3.8) is 0 Å². The molecule has 6 nitrogen and oxygen atoms in total. The van der Waals surface area contributed by atoms with Gasteiger partial charge < -0.3 is 9.64 Å². The number of carbonyl (C=O) groups excluding carboxylic acids is 1. The fourth-order valence-electron chi connectivity index (χ4n) is 5.16. The summed E-state index contributed by atoms with van der Waals surface area (Å²) in [6, 6.07) is 6.37. The molecule has 4 rings (SSSR count). The molecule has 1 amide bonds. The van der Waals surface area contributed by atoms with E-state index in [0.29, 0.717) is 18.0 Å². The lowest BCUT2D eigenvalue weighted by Gasteiger charge is -2.32. The molecule has 1 aromatic rings. The molecule has 1 aromatic carbocycles. The molecule has 1 aliphatic carbocycles. The molecule has 0 spiro atoms. The average molecular weight is 358 g/mol. The van der Waals surface area contributed by atoms with Gasteiger partial charge in [-0.3, -0.25) is 10.3 Å². The van der Waals surface area contributed by atoms with Crippen LogP contribution in [-0.2, 0) is 5.41 Å². The van der Waals surface area contributed by atoms with E-state index in [4.69, 9.17) is 4.74 Å². The second-order valence-corrected chi connectivity index (χ2v) is 8.31. The van der Waals surface area contributed by atoms with E-state index < -0.39 is 6.09 Å². The lowest BCUT2D eigenvalue weighted by Crippen LogP contribution is -2.46. The van der Waals surface area contributed by atoms with Crippen molar-refractivity contribution >= 4 is 11.8 Å². The Bertz CT molecular complexity index is 688. The van der Waals surface area contributed by atoms with Crippen molar-refractivity contribution in [2.45, 2.75) is 63.1 Å². The summed E-state index contributed by atoms with van der Waals surface area (Å²) >= 11 is 0. The number of rotatable bonds is 3. The lowest BCUT2D eigenvalue weighted by molar-refractivity contribution is 0.189. The maximum absolute atomic E-state index is 12.2. The number of nitrogens with one attached hydrogen (secondary N) is 2. The molecule has 1 unspecified atom stereocenters. The maximum atomic E-state index is 12.2. The number of fused-ring (bicyclic) bond motifs is 3. The molecule has 0 aromatic heterocycles. The summed E-state index contributed by atoms with van der Waals surface area (Å²) in [4.78, 5) is 16.9. The number of anilines is 1. The van der Waals surface area contributed by atoms with Gasteiger partial charge >= 0.3 is 6.09 Å². The van der Waals surface area contributed by atoms with E-state index in [9.17, 15) is 4.79 Å². The van der Waals surface area contributed by atoms with Crippen molar-refractivity contribution in [1.29, 1.82) is 0 Å². The molecule has 2 N–H and O–H groups in total. The summed E-state index contributed by atoms with van der Waals surface area (Å²) in [6.45, 7) is 3.40. The minimum Gasteiger partial charge on any atom is -0.409 e. The van der Waals surface area contributed by atoms with E-state index in [1.165, 1.54) is 30.5 Å². The molecular formula is C20H30N4O2. The van der Waals surface area contributed by atoms with Gasteiger partial charge in [-0.2, -0.15) is 0 Å². The minimum absolute atomic E-state index is 0.0784. The third-order valence-corrected chi connectivity index (χ3v) is 6.50. The summed E-state index contributed by atoms with van der Waals surface area (Å²) in [6.07, 6.45) is 7.01. The zero-order valence-corrected chi connectivity index (χ0v) is 16.0. The molecule has 6 heteroatoms. The molecule has 0 radical (unpaired) electrons. The highest BCUT2D eigenvalue weighted by molar-refractivity contribution is 5.72. The number of likely N-dealkylation sites (N-methyl/N-ethyl adjacent to an activating group) is 2. The number of hydrazine groups is 1. The number of nitrogens with zero attached hydrogens (tertiary/aromatic N) is 2. The fourth-order valence-corrected chi connectivity index (χ4v) is 5.16. The van der Waals surface area contributed by atoms with Crippen LogP contribution in [0, 0.1) is 0 Å². The molecule has 142 valence electrons. The molecule has 1 saturated carbocycles. The minimum atomic E-state index is -0.438. The zero-order chi connectivity index (χ0) is 18.3. The summed E-state index contributed by atoms with van der Waals surface area (Å²) in [7, 11) is 4.33. The van der Waals surface area contributed by atoms with Gasteiger partial charge in [0.25, 0.3) is 0 Å². The highest BCUT2D eigenvalue weighted by atomic mass is 16.6. The number of carbonyl (C=O) groups is 1. The quantitative estimate of drug-likeness (QED) is 0.814. The van der Waals surface area contributed by atoms with Crippen molar-refractivity contribution in [2.24, 2.45) is 0 Å². The molecule has 2 fully saturated rings. The SMILES string of the molecule is CN1CC[C@@]2(C)c3cc(OC(=O)NNC4CCCCC4)ccc3N(C)C12. The van der Waals surface area contributed by atoms with E-state index in [2.05, 4.69) is 47.7 Å². The van der Waals surface area contributed by atoms with E-state index in [0.717, 1.165) is 25.8 Å². The summed E-state index contributed by atoms with van der Waals surface area (Å²) in [5.41, 5.74) is 8.41. The normalized spacial score (nSPS) is 28.7. The van der Waals surface area contributed by atoms with Crippen LogP contribution in [0.15, 0.2) is 18.2 Å². The van der Waals surface area contributed by atoms with E-state index >= 15 is 0 Å². The highest BCUT2D eigenvalue weighted by Gasteiger charge is 2.52. The third kappa shape index (κ3) is 2.95. The average Bonchev–Trinajstić information content (AvgIpc) is 3.06. The van der Waals surface area contributed by atoms with E-state index in [1.54, 1.807) is 0 Å². The Labute approximate surface area is 155 Å². The van der Waals surface area contributed by atoms with Gasteiger partial charge in [-0.05, 0) is 50.1 Å². The number of ether oxygens (including phenoxy) is 1. The predicted molar refractivity (Wildman–Crippen MR) is 102 cm³/mol. The van der Waals surface area contributed by atoms with Crippen LogP contribution in [0.1, 0.15) is 51.0 Å². The van der Waals surface area contributed by atoms with Gasteiger partial charge in [0.15, 0.2) is 0 Å². The van der Waals surface area contributed by atoms with Crippen LogP contribution in [0.25, 0.3) is 0 Å². The Hall–Kier alpha value is -1.79. The van der Waals surface area contributed by atoms with E-state index in [1.807, 2.05) is 12.1 Å². The zero-order valence-electron chi connectivity index (χ0n) is 16.0. The first-order chi connectivity index (χ1) is 12.5. The van der Waals surface area contributed by atoms with Crippen LogP contribution in [0.5, 0.6) is 5.75 Å². The van der Waals surface area contributed by atoms with Gasteiger partial charge in [0, 0.05) is 30.7 Å². The van der Waals surface area contributed by atoms with Gasteiger partial charge in [-0.25, -0.2) is 10.2 Å². The summed E-state index contributed by atoms with van der Waals surface area (Å²) in [5.74, 6) is 0.608. The predicted octanol–water partition coefficient (Wildman–Crippen LogP) is 2.98. The van der Waals surface area contributed by atoms with Crippen LogP contribution in [0.4, 0.5) is 10.5 Å². The van der Waals surface area contributed by atoms with Crippen molar-refractivity contribution in [3.05, 3.63) is 23.8 Å². The molecule has 2 atom stereocenters. The molecule has 3 aliphatic rings. The van der Waals surface area contributed by atoms with Gasteiger partial charge in [-0.15, -0.1) is 0 Å². The fraction of sp³-hybridized carbons (Fsp3) is 0.650. The molecule has 1 saturated heterocycles. The van der Waals surface area contributed by atoms with Gasteiger partial charge in [-0.1, -0.05) is 26.2 Å². The van der Waals surface area contributed by atoms with Crippen LogP contribution in [-0.4, -0.2) is 43.8 Å². The Morgan fingerprint density at radius 1 is 1.23 bits per heavy atom. The van der Waals surface area contributed by atoms with E-state index in [-0.39, 0.29) is 5.41 Å². The Kier molecular flexibility index (Phi) is 4.57. The highest BCUT2D eigenvalue weighted by Crippen LogP contribution is 2.51. The second-order valence-electron chi connectivity index (χ2n) is 8.31. The lowest BCUT2D eigenvalue weighted by atomic mass is 9.81. The van der Waals surface area contributed by atoms with Crippen LogP contribution in [0.3, 0.4) is 0 Å². The number of amides is 1. The van der Waals surface area contributed by atoms with Crippen molar-refractivity contribution in [1.82, 2.24) is 15.8 Å². The number of likely N-dealkylation sites (tertiary alicyclic amines) is 1. The van der Waals surface area contributed by atoms with Crippen molar-refractivity contribution in [2.75, 3.05) is 25.5 Å². The largest absolute Gasteiger partial charge is 0.427 e. The topological polar surface area (TPSA) is 56.8 Å². The molecule has 26 heavy (non-hydrogen) atoms. The third-order valence-electron chi connectivity index (χ3n) is 6.50. The molecular weight excluding hydrogens is 328 g/mol. The van der Waals surface area contributed by atoms with Crippen LogP contribution < -0.4 is 20.5 Å². The van der Waals surface area contributed by atoms with Crippen molar-refractivity contribution < 1.29 is 9.53 Å². The van der Waals surface area contributed by atoms with Crippen LogP contribution >= 0.6 is 0 Å². The van der Waals surface area contributed by atoms with Crippen molar-refractivity contribution in [3.8, 4) is 5.75 Å². The first kappa shape index (κ1) is 17.6. The van der Waals surface area contributed by atoms with Crippen LogP contribution in [0.2, 0.25) is 0 Å². The standard InChI is InChI=1S/C20H30N4O2/c1-20-11-12-23(2)18(20)24(3)17-10-9-15(13-16(17)20)26-19(25)22-21-14-7-5-4-6-8-14/h9-10,13-14,18,21H,4-8,11-12H2,1-3H3,(H,22,25)/t18?,20-/m0/s1. The first-order valence-electron chi connectivity index (χ1n) is 9.80. The second kappa shape index (κ2) is 6.74. The number of hydrogen-bond donors (Lipinski definition) is 2. The number of benzene rings is 1. The summed E-state index contributed by atoms with van der Waals surface area (Å²) in [5, 5.41) is 0. The Morgan fingerprint density at radius 3 is 2.77 bits per heavy atom. The van der Waals surface area contributed by atoms with Gasteiger partial charge in [0.05, 0.1) is 6.17 Å². The summed E-state index contributed by atoms with van der Waals surface area (Å²) < 4.78 is 5.54. The smallest absolute Gasteiger partial charge is 0.409 e. The Balaban J connectivity index is 1.43. The van der Waals surface area contributed by atoms with Gasteiger partial charge in [0.2, 0.25) is 0 Å². The molecule has 2 aliphatic heterocycles. The monoisotopic (exact) mass is 358 g/mol. The number of hydrogen-bond acceptors (Lipinski definition) is 5. The molecule has 2 heterocycles. The van der Waals surface area contributed by atoms with Gasteiger partial charge in [0.1, 0.15) is 5.75 Å². The first-order valence-corrected chi connectivity index (χ1v) is 9.80.